The molecule has 0 amide bonds. The summed E-state index contributed by atoms with van der Waals surface area (Å²) in [4.78, 5) is 0. The van der Waals surface area contributed by atoms with Gasteiger partial charge in [0.2, 0.25) is 0 Å². The largest absolute Gasteiger partial charge is 0.456 e. The molecule has 0 aliphatic rings. The number of nitrogen functional groups attached to an aromatic ring is 1. The van der Waals surface area contributed by atoms with Crippen molar-refractivity contribution in [1.29, 1.82) is 5.41 Å². The van der Waals surface area contributed by atoms with E-state index in [9.17, 15) is 0 Å². The van der Waals surface area contributed by atoms with Crippen LogP contribution in [0.3, 0.4) is 0 Å². The Bertz CT molecular complexity index is 655. The third kappa shape index (κ3) is 3.64. The lowest BCUT2D eigenvalue weighted by Crippen LogP contribution is -2.10. The van der Waals surface area contributed by atoms with E-state index in [1.165, 1.54) is 5.56 Å². The third-order valence-corrected chi connectivity index (χ3v) is 4.14. The molecule has 0 aromatic heterocycles. The summed E-state index contributed by atoms with van der Waals surface area (Å²) >= 11 is 3.47. The lowest BCUT2D eigenvalue weighted by atomic mass is 9.98. The minimum atomic E-state index is 0.0438. The van der Waals surface area contributed by atoms with Crippen molar-refractivity contribution in [2.75, 3.05) is 0 Å². The van der Waals surface area contributed by atoms with Crippen molar-refractivity contribution >= 4 is 21.8 Å². The van der Waals surface area contributed by atoms with E-state index in [2.05, 4.69) is 35.8 Å². The third-order valence-electron chi connectivity index (χ3n) is 3.53. The number of rotatable bonds is 5. The highest BCUT2D eigenvalue weighted by Gasteiger charge is 2.12. The number of nitrogens with one attached hydrogen (secondary N) is 1. The number of ether oxygens (including phenoxy) is 1. The SMILES string of the molecule is CCC(C)c1ccccc1Oc1ccc(C(=N)N)cc1Br. The smallest absolute Gasteiger partial charge is 0.141 e. The van der Waals surface area contributed by atoms with Gasteiger partial charge in [-0.05, 0) is 58.1 Å². The molecule has 0 heterocycles. The molecule has 21 heavy (non-hydrogen) atoms. The normalized spacial score (nSPS) is 12.0. The predicted octanol–water partition coefficient (Wildman–Crippen LogP) is 5.04. The van der Waals surface area contributed by atoms with Crippen LogP contribution < -0.4 is 10.5 Å². The molecule has 0 saturated carbocycles. The van der Waals surface area contributed by atoms with Gasteiger partial charge < -0.3 is 10.5 Å². The molecule has 1 atom stereocenters. The van der Waals surface area contributed by atoms with E-state index >= 15 is 0 Å². The molecule has 0 spiro atoms. The zero-order valence-electron chi connectivity index (χ0n) is 12.2. The van der Waals surface area contributed by atoms with E-state index in [4.69, 9.17) is 15.9 Å². The molecule has 0 fully saturated rings. The van der Waals surface area contributed by atoms with Crippen molar-refractivity contribution in [3.8, 4) is 11.5 Å². The number of hydrogen-bond acceptors (Lipinski definition) is 2. The van der Waals surface area contributed by atoms with E-state index in [0.717, 1.165) is 22.4 Å². The van der Waals surface area contributed by atoms with E-state index < -0.39 is 0 Å². The van der Waals surface area contributed by atoms with Gasteiger partial charge in [0.05, 0.1) is 4.47 Å². The summed E-state index contributed by atoms with van der Waals surface area (Å²) < 4.78 is 6.83. The second-order valence-electron chi connectivity index (χ2n) is 5.01. The Labute approximate surface area is 133 Å². The van der Waals surface area contributed by atoms with Gasteiger partial charge in [0.1, 0.15) is 17.3 Å². The van der Waals surface area contributed by atoms with Gasteiger partial charge in [0.25, 0.3) is 0 Å². The number of para-hydroxylation sites is 1. The molecular weight excluding hydrogens is 328 g/mol. The molecule has 0 radical (unpaired) electrons. The fraction of sp³-hybridized carbons (Fsp3) is 0.235. The Morgan fingerprint density at radius 2 is 1.95 bits per heavy atom. The van der Waals surface area contributed by atoms with Crippen molar-refractivity contribution < 1.29 is 4.74 Å². The Hall–Kier alpha value is -1.81. The first-order valence-corrected chi connectivity index (χ1v) is 7.73. The van der Waals surface area contributed by atoms with Gasteiger partial charge in [0, 0.05) is 5.56 Å². The van der Waals surface area contributed by atoms with Crippen LogP contribution in [0.2, 0.25) is 0 Å². The van der Waals surface area contributed by atoms with Crippen molar-refractivity contribution in [3.63, 3.8) is 0 Å². The first-order valence-electron chi connectivity index (χ1n) is 6.93. The summed E-state index contributed by atoms with van der Waals surface area (Å²) in [5.74, 6) is 2.07. The van der Waals surface area contributed by atoms with Gasteiger partial charge in [-0.3, -0.25) is 5.41 Å². The molecule has 110 valence electrons. The molecule has 2 rings (SSSR count). The van der Waals surface area contributed by atoms with E-state index in [0.29, 0.717) is 11.5 Å². The monoisotopic (exact) mass is 346 g/mol. The van der Waals surface area contributed by atoms with Crippen molar-refractivity contribution in [3.05, 3.63) is 58.1 Å². The van der Waals surface area contributed by atoms with Crippen LogP contribution in [0.1, 0.15) is 37.3 Å². The zero-order chi connectivity index (χ0) is 15.4. The topological polar surface area (TPSA) is 59.1 Å². The summed E-state index contributed by atoms with van der Waals surface area (Å²) in [6.07, 6.45) is 1.06. The zero-order valence-corrected chi connectivity index (χ0v) is 13.8. The molecule has 2 aromatic rings. The summed E-state index contributed by atoms with van der Waals surface area (Å²) in [6, 6.07) is 13.5. The molecule has 1 unspecified atom stereocenters. The lowest BCUT2D eigenvalue weighted by Gasteiger charge is -2.16. The maximum absolute atomic E-state index is 7.46. The van der Waals surface area contributed by atoms with E-state index in [1.54, 1.807) is 12.1 Å². The van der Waals surface area contributed by atoms with E-state index in [-0.39, 0.29) is 5.84 Å². The Kier molecular flexibility index (Phi) is 5.02. The molecule has 0 aliphatic carbocycles. The minimum Gasteiger partial charge on any atom is -0.456 e. The van der Waals surface area contributed by atoms with Gasteiger partial charge >= 0.3 is 0 Å². The van der Waals surface area contributed by atoms with Crippen LogP contribution in [0.15, 0.2) is 46.9 Å². The number of benzene rings is 2. The van der Waals surface area contributed by atoms with Gasteiger partial charge in [-0.2, -0.15) is 0 Å². The molecule has 3 nitrogen and oxygen atoms in total. The first kappa shape index (κ1) is 15.6. The number of hydrogen-bond donors (Lipinski definition) is 2. The summed E-state index contributed by atoms with van der Waals surface area (Å²) in [7, 11) is 0. The summed E-state index contributed by atoms with van der Waals surface area (Å²) in [5, 5.41) is 7.46. The highest BCUT2D eigenvalue weighted by atomic mass is 79.9. The Morgan fingerprint density at radius 1 is 1.24 bits per heavy atom. The first-order chi connectivity index (χ1) is 10.0. The van der Waals surface area contributed by atoms with Gasteiger partial charge in [0.15, 0.2) is 0 Å². The fourth-order valence-corrected chi connectivity index (χ4v) is 2.53. The standard InChI is InChI=1S/C17H19BrN2O/c1-3-11(2)13-6-4-5-7-15(13)21-16-9-8-12(17(19)20)10-14(16)18/h4-11H,3H2,1-2H3,(H3,19,20). The molecular formula is C17H19BrN2O. The Balaban J connectivity index is 2.33. The summed E-state index contributed by atoms with van der Waals surface area (Å²) in [5.41, 5.74) is 7.36. The molecule has 0 saturated heterocycles. The average molecular weight is 347 g/mol. The van der Waals surface area contributed by atoms with Crippen molar-refractivity contribution in [1.82, 2.24) is 0 Å². The van der Waals surface area contributed by atoms with Crippen molar-refractivity contribution in [2.24, 2.45) is 5.73 Å². The van der Waals surface area contributed by atoms with Crippen LogP contribution in [0.25, 0.3) is 0 Å². The maximum Gasteiger partial charge on any atom is 0.141 e. The second-order valence-corrected chi connectivity index (χ2v) is 5.86. The van der Waals surface area contributed by atoms with E-state index in [1.807, 2.05) is 24.3 Å². The van der Waals surface area contributed by atoms with Crippen LogP contribution in [0.5, 0.6) is 11.5 Å². The lowest BCUT2D eigenvalue weighted by molar-refractivity contribution is 0.467. The number of amidine groups is 1. The van der Waals surface area contributed by atoms with Gasteiger partial charge in [-0.15, -0.1) is 0 Å². The molecule has 3 N–H and O–H groups in total. The quantitative estimate of drug-likeness (QED) is 0.588. The van der Waals surface area contributed by atoms with Crippen LogP contribution in [0.4, 0.5) is 0 Å². The van der Waals surface area contributed by atoms with Gasteiger partial charge in [-0.25, -0.2) is 0 Å². The Morgan fingerprint density at radius 3 is 2.57 bits per heavy atom. The number of nitrogens with two attached hydrogens (primary N) is 1. The fourth-order valence-electron chi connectivity index (χ4n) is 2.07. The molecule has 0 aliphatic heterocycles. The second kappa shape index (κ2) is 6.76. The van der Waals surface area contributed by atoms with Crippen LogP contribution >= 0.6 is 15.9 Å². The van der Waals surface area contributed by atoms with Crippen LogP contribution in [0, 0.1) is 5.41 Å². The maximum atomic E-state index is 7.46. The minimum absolute atomic E-state index is 0.0438. The molecule has 4 heteroatoms. The van der Waals surface area contributed by atoms with Crippen molar-refractivity contribution in [2.45, 2.75) is 26.2 Å². The van der Waals surface area contributed by atoms with Crippen LogP contribution in [-0.4, -0.2) is 5.84 Å². The van der Waals surface area contributed by atoms with Gasteiger partial charge in [-0.1, -0.05) is 32.0 Å². The molecule has 0 bridgehead atoms. The summed E-state index contributed by atoms with van der Waals surface area (Å²) in [6.45, 7) is 4.36. The highest BCUT2D eigenvalue weighted by Crippen LogP contribution is 2.35. The number of halogens is 1. The molecule has 2 aromatic carbocycles. The highest BCUT2D eigenvalue weighted by molar-refractivity contribution is 9.10. The predicted molar refractivity (Wildman–Crippen MR) is 90.4 cm³/mol. The van der Waals surface area contributed by atoms with Crippen LogP contribution in [-0.2, 0) is 0 Å². The average Bonchev–Trinajstić information content (AvgIpc) is 2.49.